The van der Waals surface area contributed by atoms with Crippen LogP contribution in [0.3, 0.4) is 0 Å². The Kier molecular flexibility index (Phi) is 4.76. The van der Waals surface area contributed by atoms with Crippen molar-refractivity contribution in [2.24, 2.45) is 5.92 Å². The van der Waals surface area contributed by atoms with E-state index in [9.17, 15) is 4.79 Å². The molecule has 2 fully saturated rings. The molecule has 1 aromatic rings. The van der Waals surface area contributed by atoms with Gasteiger partial charge in [-0.15, -0.1) is 0 Å². The maximum absolute atomic E-state index is 11.9. The quantitative estimate of drug-likeness (QED) is 0.773. The highest BCUT2D eigenvalue weighted by atomic mass is 16.2. The van der Waals surface area contributed by atoms with Gasteiger partial charge < -0.3 is 10.2 Å². The number of hydrogen-bond acceptors (Lipinski definition) is 4. The molecule has 1 aromatic carbocycles. The molecule has 0 bridgehead atoms. The van der Waals surface area contributed by atoms with E-state index in [4.69, 9.17) is 0 Å². The number of benzene rings is 1. The van der Waals surface area contributed by atoms with Gasteiger partial charge in [0.1, 0.15) is 0 Å². The summed E-state index contributed by atoms with van der Waals surface area (Å²) in [7, 11) is 0. The number of amides is 1. The van der Waals surface area contributed by atoms with Crippen LogP contribution in [0.5, 0.6) is 0 Å². The molecule has 0 radical (unpaired) electrons. The first-order valence-electron chi connectivity index (χ1n) is 8.27. The summed E-state index contributed by atoms with van der Waals surface area (Å²) in [6.07, 6.45) is 1.65. The van der Waals surface area contributed by atoms with Gasteiger partial charge in [0.2, 0.25) is 5.91 Å². The number of nitrogens with zero attached hydrogens (tertiary/aromatic N) is 1. The molecular weight excluding hydrogens is 276 g/mol. The van der Waals surface area contributed by atoms with Crippen LogP contribution < -0.4 is 21.1 Å². The monoisotopic (exact) mass is 302 g/mol. The topological polar surface area (TPSA) is 56.4 Å². The van der Waals surface area contributed by atoms with Crippen LogP contribution >= 0.6 is 0 Å². The lowest BCUT2D eigenvalue weighted by Gasteiger charge is -2.21. The van der Waals surface area contributed by atoms with E-state index in [-0.39, 0.29) is 11.9 Å². The van der Waals surface area contributed by atoms with E-state index in [0.29, 0.717) is 18.4 Å². The number of rotatable bonds is 5. The molecule has 5 heteroatoms. The van der Waals surface area contributed by atoms with Crippen molar-refractivity contribution >= 4 is 11.6 Å². The number of carbonyl (C=O) groups excluding carboxylic acids is 1. The van der Waals surface area contributed by atoms with E-state index in [2.05, 4.69) is 48.2 Å². The fourth-order valence-electron chi connectivity index (χ4n) is 3.22. The molecule has 2 aliphatic rings. The van der Waals surface area contributed by atoms with Crippen molar-refractivity contribution in [2.75, 3.05) is 24.5 Å². The molecule has 2 aliphatic heterocycles. The third kappa shape index (κ3) is 3.32. The Balaban J connectivity index is 1.62. The zero-order valence-corrected chi connectivity index (χ0v) is 13.4. The molecule has 3 unspecified atom stereocenters. The maximum atomic E-state index is 11.9. The molecule has 0 aliphatic carbocycles. The first-order chi connectivity index (χ1) is 10.6. The van der Waals surface area contributed by atoms with Gasteiger partial charge in [-0.25, -0.2) is 0 Å². The second-order valence-corrected chi connectivity index (χ2v) is 6.45. The number of hydrazine groups is 1. The number of hydrogen-bond donors (Lipinski definition) is 3. The number of nitrogens with one attached hydrogen (secondary N) is 3. The fourth-order valence-corrected chi connectivity index (χ4v) is 3.22. The summed E-state index contributed by atoms with van der Waals surface area (Å²) in [6.45, 7) is 7.22. The summed E-state index contributed by atoms with van der Waals surface area (Å²) >= 11 is 0. The zero-order valence-electron chi connectivity index (χ0n) is 13.4. The van der Waals surface area contributed by atoms with Crippen molar-refractivity contribution in [1.82, 2.24) is 16.2 Å². The van der Waals surface area contributed by atoms with E-state index in [0.717, 1.165) is 31.7 Å². The first kappa shape index (κ1) is 15.5. The second kappa shape index (κ2) is 6.77. The summed E-state index contributed by atoms with van der Waals surface area (Å²) in [4.78, 5) is 13.8. The average Bonchev–Trinajstić information content (AvgIpc) is 3.13. The molecule has 120 valence electrons. The van der Waals surface area contributed by atoms with Gasteiger partial charge >= 0.3 is 0 Å². The molecule has 0 saturated carbocycles. The van der Waals surface area contributed by atoms with Crippen LogP contribution in [-0.2, 0) is 4.79 Å². The standard InChI is InChI=1S/C17H26N4O/c1-12(18-10-15-11-19-20-13(15)2)14-5-3-6-16(9-14)21-8-4-7-17(21)22/h3,5-6,9,12-13,15,18-20H,4,7-8,10-11H2,1-2H3. The molecular formula is C17H26N4O. The lowest BCUT2D eigenvalue weighted by Crippen LogP contribution is -2.33. The minimum absolute atomic E-state index is 0.245. The van der Waals surface area contributed by atoms with E-state index in [1.165, 1.54) is 5.56 Å². The van der Waals surface area contributed by atoms with Crippen molar-refractivity contribution < 1.29 is 4.79 Å². The Morgan fingerprint density at radius 1 is 1.45 bits per heavy atom. The van der Waals surface area contributed by atoms with Gasteiger partial charge in [-0.2, -0.15) is 0 Å². The zero-order chi connectivity index (χ0) is 15.5. The summed E-state index contributed by atoms with van der Waals surface area (Å²) in [5.74, 6) is 0.848. The van der Waals surface area contributed by atoms with Crippen LogP contribution in [0.15, 0.2) is 24.3 Å². The first-order valence-corrected chi connectivity index (χ1v) is 8.27. The predicted molar refractivity (Wildman–Crippen MR) is 88.5 cm³/mol. The lowest BCUT2D eigenvalue weighted by atomic mass is 10.0. The predicted octanol–water partition coefficient (Wildman–Crippen LogP) is 1.58. The minimum Gasteiger partial charge on any atom is -0.312 e. The molecule has 2 saturated heterocycles. The average molecular weight is 302 g/mol. The molecule has 0 aromatic heterocycles. The van der Waals surface area contributed by atoms with Crippen molar-refractivity contribution in [3.8, 4) is 0 Å². The Labute approximate surface area is 132 Å². The molecule has 5 nitrogen and oxygen atoms in total. The van der Waals surface area contributed by atoms with Gasteiger partial charge in [-0.3, -0.25) is 15.6 Å². The van der Waals surface area contributed by atoms with Crippen LogP contribution in [0.4, 0.5) is 5.69 Å². The molecule has 2 heterocycles. The molecule has 3 atom stereocenters. The number of carbonyl (C=O) groups is 1. The van der Waals surface area contributed by atoms with Crippen molar-refractivity contribution in [3.63, 3.8) is 0 Å². The summed E-state index contributed by atoms with van der Waals surface area (Å²) < 4.78 is 0. The molecule has 22 heavy (non-hydrogen) atoms. The number of anilines is 1. The molecule has 3 N–H and O–H groups in total. The Bertz CT molecular complexity index is 533. The van der Waals surface area contributed by atoms with Crippen molar-refractivity contribution in [1.29, 1.82) is 0 Å². The molecule has 0 spiro atoms. The van der Waals surface area contributed by atoms with E-state index in [1.54, 1.807) is 0 Å². The highest BCUT2D eigenvalue weighted by molar-refractivity contribution is 5.95. The second-order valence-electron chi connectivity index (χ2n) is 6.45. The third-order valence-electron chi connectivity index (χ3n) is 4.84. The van der Waals surface area contributed by atoms with Crippen LogP contribution in [0.25, 0.3) is 0 Å². The van der Waals surface area contributed by atoms with E-state index < -0.39 is 0 Å². The van der Waals surface area contributed by atoms with Gasteiger partial charge in [0.05, 0.1) is 0 Å². The highest BCUT2D eigenvalue weighted by Gasteiger charge is 2.24. The summed E-state index contributed by atoms with van der Waals surface area (Å²) in [6, 6.07) is 9.15. The van der Waals surface area contributed by atoms with Crippen LogP contribution in [0, 0.1) is 5.92 Å². The van der Waals surface area contributed by atoms with E-state index in [1.807, 2.05) is 11.0 Å². The minimum atomic E-state index is 0.245. The third-order valence-corrected chi connectivity index (χ3v) is 4.84. The van der Waals surface area contributed by atoms with Gasteiger partial charge in [-0.05, 0) is 38.0 Å². The largest absolute Gasteiger partial charge is 0.312 e. The lowest BCUT2D eigenvalue weighted by molar-refractivity contribution is -0.117. The normalized spacial score (nSPS) is 26.6. The smallest absolute Gasteiger partial charge is 0.227 e. The Morgan fingerprint density at radius 2 is 2.32 bits per heavy atom. The van der Waals surface area contributed by atoms with Crippen LogP contribution in [0.1, 0.15) is 38.3 Å². The fraction of sp³-hybridized carbons (Fsp3) is 0.588. The Hall–Kier alpha value is -1.43. The van der Waals surface area contributed by atoms with Crippen molar-refractivity contribution in [2.45, 2.75) is 38.8 Å². The van der Waals surface area contributed by atoms with Crippen molar-refractivity contribution in [3.05, 3.63) is 29.8 Å². The van der Waals surface area contributed by atoms with Gasteiger partial charge in [0.15, 0.2) is 0 Å². The molecule has 1 amide bonds. The van der Waals surface area contributed by atoms with Gasteiger partial charge in [-0.1, -0.05) is 12.1 Å². The Morgan fingerprint density at radius 3 is 3.00 bits per heavy atom. The van der Waals surface area contributed by atoms with E-state index >= 15 is 0 Å². The van der Waals surface area contributed by atoms with Crippen LogP contribution in [0.2, 0.25) is 0 Å². The van der Waals surface area contributed by atoms with Crippen LogP contribution in [-0.4, -0.2) is 31.6 Å². The maximum Gasteiger partial charge on any atom is 0.227 e. The van der Waals surface area contributed by atoms with Gasteiger partial charge in [0.25, 0.3) is 0 Å². The van der Waals surface area contributed by atoms with Gasteiger partial charge in [0, 0.05) is 49.7 Å². The summed E-state index contributed by atoms with van der Waals surface area (Å²) in [5.41, 5.74) is 8.73. The highest BCUT2D eigenvalue weighted by Crippen LogP contribution is 2.25. The molecule has 3 rings (SSSR count). The summed E-state index contributed by atoms with van der Waals surface area (Å²) in [5, 5.41) is 3.62. The SMILES string of the molecule is CC(NCC1CNNC1C)c1cccc(N2CCCC2=O)c1.